The summed E-state index contributed by atoms with van der Waals surface area (Å²) < 4.78 is 11.8. The summed E-state index contributed by atoms with van der Waals surface area (Å²) in [6, 6.07) is 9.44. The third-order valence-corrected chi connectivity index (χ3v) is 10.4. The van der Waals surface area contributed by atoms with Crippen molar-refractivity contribution in [2.24, 2.45) is 17.3 Å². The highest BCUT2D eigenvalue weighted by molar-refractivity contribution is 7.80. The standard InChI is InChI=1S/C31H38O4S3/c1-6-31(5)17-16-24(18-26(31)21(2)3)22(4)20-34-28(32)10-8-7-9-11-29(33)35-25-14-12-23(13-15-25)27-19-30(36)38-37-27/h6,12-15,19,24,26H,1-2,4,7-11,16-18,20H2,3,5H3/t24-,26+,31-/m1/s1. The van der Waals surface area contributed by atoms with Crippen molar-refractivity contribution in [2.45, 2.75) is 65.2 Å². The third-order valence-electron chi connectivity index (χ3n) is 7.50. The number of unbranched alkanes of at least 4 members (excludes halogenated alkanes) is 2. The second kappa shape index (κ2) is 14.2. The Morgan fingerprint density at radius 1 is 1.11 bits per heavy atom. The highest BCUT2D eigenvalue weighted by atomic mass is 32.9. The molecule has 0 bridgehead atoms. The lowest BCUT2D eigenvalue weighted by atomic mass is 9.61. The van der Waals surface area contributed by atoms with E-state index in [1.807, 2.05) is 18.2 Å². The summed E-state index contributed by atoms with van der Waals surface area (Å²) in [5.41, 5.74) is 3.28. The van der Waals surface area contributed by atoms with E-state index in [0.717, 1.165) is 45.5 Å². The quantitative estimate of drug-likeness (QED) is 0.0600. The monoisotopic (exact) mass is 570 g/mol. The minimum Gasteiger partial charge on any atom is -0.461 e. The Labute approximate surface area is 239 Å². The average molecular weight is 571 g/mol. The number of hydrogen-bond acceptors (Lipinski definition) is 7. The van der Waals surface area contributed by atoms with Crippen LogP contribution in [0.3, 0.4) is 0 Å². The molecule has 7 heteroatoms. The third kappa shape index (κ3) is 8.58. The molecular formula is C31H38O4S3. The summed E-state index contributed by atoms with van der Waals surface area (Å²) in [5, 5.41) is 0. The Morgan fingerprint density at radius 3 is 2.39 bits per heavy atom. The number of allylic oxidation sites excluding steroid dienone is 2. The van der Waals surface area contributed by atoms with E-state index < -0.39 is 0 Å². The maximum atomic E-state index is 12.2. The lowest BCUT2D eigenvalue weighted by Crippen LogP contribution is -2.34. The van der Waals surface area contributed by atoms with Gasteiger partial charge in [0.15, 0.2) is 0 Å². The molecule has 1 saturated carbocycles. The van der Waals surface area contributed by atoms with E-state index in [9.17, 15) is 9.59 Å². The number of rotatable bonds is 13. The molecule has 0 radical (unpaired) electrons. The first kappa shape index (κ1) is 30.2. The molecular weight excluding hydrogens is 533 g/mol. The lowest BCUT2D eigenvalue weighted by molar-refractivity contribution is -0.143. The molecule has 204 valence electrons. The molecule has 3 atom stereocenters. The molecule has 0 amide bonds. The van der Waals surface area contributed by atoms with E-state index in [2.05, 4.69) is 39.7 Å². The molecule has 1 heterocycles. The van der Waals surface area contributed by atoms with Crippen LogP contribution in [0, 0.1) is 21.1 Å². The number of carbonyl (C=O) groups excluding carboxylic acids is 2. The second-order valence-corrected chi connectivity index (χ2v) is 13.4. The molecule has 1 aliphatic carbocycles. The number of esters is 2. The predicted molar refractivity (Wildman–Crippen MR) is 161 cm³/mol. The van der Waals surface area contributed by atoms with Crippen LogP contribution in [0.15, 0.2) is 67.3 Å². The molecule has 0 N–H and O–H groups in total. The van der Waals surface area contributed by atoms with Gasteiger partial charge >= 0.3 is 11.9 Å². The van der Waals surface area contributed by atoms with Gasteiger partial charge in [0.25, 0.3) is 0 Å². The van der Waals surface area contributed by atoms with Gasteiger partial charge in [-0.05, 0) is 97.7 Å². The smallest absolute Gasteiger partial charge is 0.311 e. The van der Waals surface area contributed by atoms with Gasteiger partial charge in [0, 0.05) is 17.7 Å². The Kier molecular flexibility index (Phi) is 11.2. The van der Waals surface area contributed by atoms with Gasteiger partial charge in [-0.25, -0.2) is 0 Å². The number of hydrogen-bond donors (Lipinski definition) is 0. The molecule has 0 aliphatic heterocycles. The Morgan fingerprint density at radius 2 is 1.79 bits per heavy atom. The van der Waals surface area contributed by atoms with Gasteiger partial charge in [0.05, 0.1) is 0 Å². The minimum atomic E-state index is -0.268. The zero-order valence-corrected chi connectivity index (χ0v) is 24.9. The normalized spacial score (nSPS) is 20.9. The fourth-order valence-corrected chi connectivity index (χ4v) is 7.43. The van der Waals surface area contributed by atoms with Crippen LogP contribution in [0.2, 0.25) is 0 Å². The van der Waals surface area contributed by atoms with Gasteiger partial charge in [0.1, 0.15) is 16.2 Å². The minimum absolute atomic E-state index is 0.0664. The van der Waals surface area contributed by atoms with E-state index in [-0.39, 0.29) is 24.0 Å². The molecule has 0 saturated heterocycles. The van der Waals surface area contributed by atoms with Crippen LogP contribution in [0.5, 0.6) is 5.75 Å². The summed E-state index contributed by atoms with van der Waals surface area (Å²) >= 11 is 5.18. The molecule has 1 aromatic carbocycles. The lowest BCUT2D eigenvalue weighted by Gasteiger charge is -2.43. The Hall–Kier alpha value is -2.35. The predicted octanol–water partition coefficient (Wildman–Crippen LogP) is 9.35. The SMILES string of the molecule is C=C[C@]1(C)CC[C@@H](C(=C)COC(=O)CCCCCC(=O)Oc2ccc(-c3cc(=S)ss3)cc2)C[C@H]1C(=C)C. The first-order valence-corrected chi connectivity index (χ1v) is 15.7. The topological polar surface area (TPSA) is 52.6 Å². The molecule has 1 aliphatic rings. The van der Waals surface area contributed by atoms with Crippen molar-refractivity contribution in [1.29, 1.82) is 0 Å². The fourth-order valence-electron chi connectivity index (χ4n) is 5.03. The van der Waals surface area contributed by atoms with Crippen molar-refractivity contribution < 1.29 is 19.1 Å². The van der Waals surface area contributed by atoms with Gasteiger partial charge < -0.3 is 9.47 Å². The summed E-state index contributed by atoms with van der Waals surface area (Å²) in [6.07, 6.45) is 7.85. The molecule has 0 unspecified atom stereocenters. The van der Waals surface area contributed by atoms with Crippen LogP contribution in [0.4, 0.5) is 0 Å². The van der Waals surface area contributed by atoms with E-state index in [1.165, 1.54) is 5.57 Å². The van der Waals surface area contributed by atoms with Gasteiger partial charge in [-0.3, -0.25) is 9.59 Å². The van der Waals surface area contributed by atoms with E-state index in [4.69, 9.17) is 21.7 Å². The largest absolute Gasteiger partial charge is 0.461 e. The molecule has 2 aromatic rings. The summed E-state index contributed by atoms with van der Waals surface area (Å²) in [6.45, 7) is 17.0. The van der Waals surface area contributed by atoms with Gasteiger partial charge in [0.2, 0.25) is 0 Å². The average Bonchev–Trinajstić information content (AvgIpc) is 3.33. The first-order valence-electron chi connectivity index (χ1n) is 13.1. The van der Waals surface area contributed by atoms with Crippen LogP contribution in [-0.2, 0) is 14.3 Å². The first-order chi connectivity index (χ1) is 18.1. The Balaban J connectivity index is 1.29. The van der Waals surface area contributed by atoms with Crippen molar-refractivity contribution in [3.8, 4) is 16.2 Å². The maximum absolute atomic E-state index is 12.2. The van der Waals surface area contributed by atoms with Crippen LogP contribution >= 0.6 is 32.9 Å². The Bertz CT molecular complexity index is 1210. The van der Waals surface area contributed by atoms with Crippen molar-refractivity contribution in [2.75, 3.05) is 6.61 Å². The number of ether oxygens (including phenoxy) is 2. The number of carbonyl (C=O) groups is 2. The fraction of sp³-hybridized carbons (Fsp3) is 0.452. The maximum Gasteiger partial charge on any atom is 0.311 e. The van der Waals surface area contributed by atoms with Crippen molar-refractivity contribution in [3.63, 3.8) is 0 Å². The highest BCUT2D eigenvalue weighted by Crippen LogP contribution is 2.48. The summed E-state index contributed by atoms with van der Waals surface area (Å²) in [7, 11) is 3.21. The molecule has 1 fully saturated rings. The van der Waals surface area contributed by atoms with Crippen LogP contribution in [0.25, 0.3) is 10.4 Å². The second-order valence-electron chi connectivity index (χ2n) is 10.5. The molecule has 4 nitrogen and oxygen atoms in total. The summed E-state index contributed by atoms with van der Waals surface area (Å²) in [5.74, 6) is 0.741. The van der Waals surface area contributed by atoms with Gasteiger partial charge in [-0.2, -0.15) is 0 Å². The van der Waals surface area contributed by atoms with E-state index >= 15 is 0 Å². The van der Waals surface area contributed by atoms with Crippen LogP contribution in [-0.4, -0.2) is 18.5 Å². The molecule has 0 spiro atoms. The number of benzene rings is 1. The van der Waals surface area contributed by atoms with Crippen molar-refractivity contribution in [3.05, 3.63) is 71.1 Å². The van der Waals surface area contributed by atoms with E-state index in [0.29, 0.717) is 43.3 Å². The van der Waals surface area contributed by atoms with E-state index in [1.54, 1.807) is 32.8 Å². The highest BCUT2D eigenvalue weighted by Gasteiger charge is 2.38. The van der Waals surface area contributed by atoms with Gasteiger partial charge in [-0.1, -0.05) is 71.1 Å². The summed E-state index contributed by atoms with van der Waals surface area (Å²) in [4.78, 5) is 25.5. The zero-order valence-electron chi connectivity index (χ0n) is 22.5. The van der Waals surface area contributed by atoms with Gasteiger partial charge in [-0.15, -0.1) is 6.58 Å². The van der Waals surface area contributed by atoms with Crippen molar-refractivity contribution >= 4 is 44.8 Å². The molecule has 38 heavy (non-hydrogen) atoms. The molecule has 1 aromatic heterocycles. The zero-order chi connectivity index (χ0) is 27.7. The molecule has 3 rings (SSSR count). The van der Waals surface area contributed by atoms with Crippen molar-refractivity contribution in [1.82, 2.24) is 0 Å². The van der Waals surface area contributed by atoms with Crippen LogP contribution in [0.1, 0.15) is 65.2 Å². The van der Waals surface area contributed by atoms with Crippen LogP contribution < -0.4 is 4.74 Å².